The lowest BCUT2D eigenvalue weighted by Crippen LogP contribution is -2.29. The Morgan fingerprint density at radius 2 is 1.68 bits per heavy atom. The molecule has 1 amide bonds. The van der Waals surface area contributed by atoms with Gasteiger partial charge in [0.15, 0.2) is 0 Å². The molecule has 114 valence electrons. The maximum Gasteiger partial charge on any atom is 0.407 e. The van der Waals surface area contributed by atoms with Crippen molar-refractivity contribution in [3.8, 4) is 0 Å². The van der Waals surface area contributed by atoms with Crippen LogP contribution in [0.1, 0.15) is 30.0 Å². The highest BCUT2D eigenvalue weighted by Gasteiger charge is 2.14. The summed E-state index contributed by atoms with van der Waals surface area (Å²) in [5.41, 5.74) is 1.89. The van der Waals surface area contributed by atoms with Crippen LogP contribution in [0.3, 0.4) is 0 Å². The van der Waals surface area contributed by atoms with Crippen LogP contribution in [0, 0.1) is 0 Å². The first kappa shape index (κ1) is 15.8. The van der Waals surface area contributed by atoms with Gasteiger partial charge in [-0.2, -0.15) is 0 Å². The van der Waals surface area contributed by atoms with E-state index < -0.39 is 6.09 Å². The average Bonchev–Trinajstić information content (AvgIpc) is 2.58. The Bertz CT molecular complexity index is 584. The first-order valence-corrected chi connectivity index (χ1v) is 7.25. The Labute approximate surface area is 130 Å². The lowest BCUT2D eigenvalue weighted by molar-refractivity contribution is -0.108. The first-order valence-electron chi connectivity index (χ1n) is 7.25. The molecule has 0 bridgehead atoms. The van der Waals surface area contributed by atoms with E-state index in [1.165, 1.54) is 0 Å². The monoisotopic (exact) mass is 297 g/mol. The Kier molecular flexibility index (Phi) is 6.18. The lowest BCUT2D eigenvalue weighted by atomic mass is 10.0. The fourth-order valence-corrected chi connectivity index (χ4v) is 2.15. The molecule has 2 aromatic carbocycles. The maximum atomic E-state index is 11.9. The van der Waals surface area contributed by atoms with Crippen molar-refractivity contribution in [3.05, 3.63) is 71.8 Å². The summed E-state index contributed by atoms with van der Waals surface area (Å²) in [4.78, 5) is 22.5. The molecule has 0 spiro atoms. The number of benzene rings is 2. The van der Waals surface area contributed by atoms with E-state index in [2.05, 4.69) is 5.32 Å². The summed E-state index contributed by atoms with van der Waals surface area (Å²) in [6.45, 7) is 0.224. The highest BCUT2D eigenvalue weighted by atomic mass is 16.5. The highest BCUT2D eigenvalue weighted by Crippen LogP contribution is 2.18. The van der Waals surface area contributed by atoms with Crippen molar-refractivity contribution in [2.24, 2.45) is 0 Å². The van der Waals surface area contributed by atoms with Gasteiger partial charge in [-0.15, -0.1) is 0 Å². The average molecular weight is 297 g/mol. The van der Waals surface area contributed by atoms with E-state index in [4.69, 9.17) is 4.74 Å². The van der Waals surface area contributed by atoms with Crippen molar-refractivity contribution in [2.75, 3.05) is 0 Å². The zero-order valence-electron chi connectivity index (χ0n) is 12.3. The van der Waals surface area contributed by atoms with Crippen LogP contribution < -0.4 is 5.32 Å². The highest BCUT2D eigenvalue weighted by molar-refractivity contribution is 5.68. The van der Waals surface area contributed by atoms with Crippen LogP contribution in [-0.2, 0) is 16.1 Å². The Hall–Kier alpha value is -2.62. The number of nitrogens with one attached hydrogen (secondary N) is 1. The second-order valence-electron chi connectivity index (χ2n) is 4.91. The van der Waals surface area contributed by atoms with Gasteiger partial charge in [0.25, 0.3) is 0 Å². The van der Waals surface area contributed by atoms with Gasteiger partial charge in [0.1, 0.15) is 12.9 Å². The van der Waals surface area contributed by atoms with Crippen LogP contribution >= 0.6 is 0 Å². The topological polar surface area (TPSA) is 55.4 Å². The molecule has 0 radical (unpaired) electrons. The molecule has 0 aliphatic rings. The number of carbonyl (C=O) groups is 2. The predicted molar refractivity (Wildman–Crippen MR) is 84.2 cm³/mol. The van der Waals surface area contributed by atoms with Gasteiger partial charge in [0.2, 0.25) is 0 Å². The summed E-state index contributed by atoms with van der Waals surface area (Å²) in [6.07, 6.45) is 1.31. The van der Waals surface area contributed by atoms with Gasteiger partial charge in [-0.3, -0.25) is 0 Å². The molecule has 4 heteroatoms. The normalized spacial score (nSPS) is 11.5. The summed E-state index contributed by atoms with van der Waals surface area (Å²) in [6, 6.07) is 18.8. The summed E-state index contributed by atoms with van der Waals surface area (Å²) < 4.78 is 5.22. The molecule has 0 aromatic heterocycles. The zero-order chi connectivity index (χ0) is 15.6. The summed E-state index contributed by atoms with van der Waals surface area (Å²) >= 11 is 0. The Morgan fingerprint density at radius 3 is 2.32 bits per heavy atom. The van der Waals surface area contributed by atoms with Crippen LogP contribution in [0.15, 0.2) is 60.7 Å². The number of amides is 1. The van der Waals surface area contributed by atoms with E-state index in [1.807, 2.05) is 60.7 Å². The van der Waals surface area contributed by atoms with E-state index in [9.17, 15) is 9.59 Å². The van der Waals surface area contributed by atoms with Crippen molar-refractivity contribution in [1.82, 2.24) is 5.32 Å². The minimum absolute atomic E-state index is 0.224. The molecule has 0 heterocycles. The molecule has 0 fully saturated rings. The molecule has 2 rings (SSSR count). The minimum atomic E-state index is -0.483. The van der Waals surface area contributed by atoms with E-state index in [0.717, 1.165) is 17.4 Å². The van der Waals surface area contributed by atoms with Crippen LogP contribution in [0.4, 0.5) is 4.79 Å². The van der Waals surface area contributed by atoms with Gasteiger partial charge in [-0.25, -0.2) is 4.79 Å². The summed E-state index contributed by atoms with van der Waals surface area (Å²) in [5, 5.41) is 2.82. The minimum Gasteiger partial charge on any atom is -0.445 e. The SMILES string of the molecule is O=CCC[C@H](NC(=O)OCc1ccccc1)c1ccccc1. The van der Waals surface area contributed by atoms with Crippen LogP contribution in [0.25, 0.3) is 0 Å². The third-order valence-electron chi connectivity index (χ3n) is 3.28. The lowest BCUT2D eigenvalue weighted by Gasteiger charge is -2.18. The molecule has 0 aliphatic heterocycles. The van der Waals surface area contributed by atoms with Crippen LogP contribution in [0.2, 0.25) is 0 Å². The molecule has 1 N–H and O–H groups in total. The fraction of sp³-hybridized carbons (Fsp3) is 0.222. The van der Waals surface area contributed by atoms with Crippen molar-refractivity contribution < 1.29 is 14.3 Å². The number of hydrogen-bond acceptors (Lipinski definition) is 3. The number of hydrogen-bond donors (Lipinski definition) is 1. The summed E-state index contributed by atoms with van der Waals surface area (Å²) in [5.74, 6) is 0. The maximum absolute atomic E-state index is 11.9. The molecule has 0 aliphatic carbocycles. The number of aldehydes is 1. The van der Waals surface area contributed by atoms with Crippen molar-refractivity contribution in [2.45, 2.75) is 25.5 Å². The number of ether oxygens (including phenoxy) is 1. The molecule has 1 atom stereocenters. The molecule has 22 heavy (non-hydrogen) atoms. The van der Waals surface area contributed by atoms with Gasteiger partial charge in [-0.05, 0) is 17.5 Å². The fourth-order valence-electron chi connectivity index (χ4n) is 2.15. The molecular weight excluding hydrogens is 278 g/mol. The largest absolute Gasteiger partial charge is 0.445 e. The predicted octanol–water partition coefficient (Wildman–Crippen LogP) is 3.63. The van der Waals surface area contributed by atoms with Gasteiger partial charge in [0.05, 0.1) is 6.04 Å². The van der Waals surface area contributed by atoms with Crippen molar-refractivity contribution >= 4 is 12.4 Å². The van der Waals surface area contributed by atoms with E-state index >= 15 is 0 Å². The first-order chi connectivity index (χ1) is 10.8. The van der Waals surface area contributed by atoms with E-state index in [-0.39, 0.29) is 12.6 Å². The zero-order valence-corrected chi connectivity index (χ0v) is 12.3. The molecular formula is C18H19NO3. The smallest absolute Gasteiger partial charge is 0.407 e. The van der Waals surface area contributed by atoms with Crippen LogP contribution in [-0.4, -0.2) is 12.4 Å². The molecule has 0 saturated carbocycles. The molecule has 0 saturated heterocycles. The van der Waals surface area contributed by atoms with Gasteiger partial charge >= 0.3 is 6.09 Å². The quantitative estimate of drug-likeness (QED) is 0.794. The van der Waals surface area contributed by atoms with E-state index in [0.29, 0.717) is 12.8 Å². The van der Waals surface area contributed by atoms with Crippen LogP contribution in [0.5, 0.6) is 0 Å². The third kappa shape index (κ3) is 5.05. The van der Waals surface area contributed by atoms with Gasteiger partial charge < -0.3 is 14.8 Å². The van der Waals surface area contributed by atoms with Crippen molar-refractivity contribution in [1.29, 1.82) is 0 Å². The Balaban J connectivity index is 1.91. The number of rotatable bonds is 7. The number of carbonyl (C=O) groups excluding carboxylic acids is 2. The second-order valence-corrected chi connectivity index (χ2v) is 4.91. The standard InChI is InChI=1S/C18H19NO3/c20-13-7-12-17(16-10-5-2-6-11-16)19-18(21)22-14-15-8-3-1-4-9-15/h1-6,8-11,13,17H,7,12,14H2,(H,19,21)/t17-/m0/s1. The van der Waals surface area contributed by atoms with Gasteiger partial charge in [0, 0.05) is 6.42 Å². The van der Waals surface area contributed by atoms with Crippen molar-refractivity contribution in [3.63, 3.8) is 0 Å². The summed E-state index contributed by atoms with van der Waals surface area (Å²) in [7, 11) is 0. The number of alkyl carbamates (subject to hydrolysis) is 1. The third-order valence-corrected chi connectivity index (χ3v) is 3.28. The van der Waals surface area contributed by atoms with Gasteiger partial charge in [-0.1, -0.05) is 60.7 Å². The Morgan fingerprint density at radius 1 is 1.05 bits per heavy atom. The molecule has 4 nitrogen and oxygen atoms in total. The molecule has 2 aromatic rings. The second kappa shape index (κ2) is 8.62. The molecule has 0 unspecified atom stereocenters. The van der Waals surface area contributed by atoms with E-state index in [1.54, 1.807) is 0 Å².